The molecule has 0 saturated carbocycles. The van der Waals surface area contributed by atoms with Crippen molar-refractivity contribution in [1.82, 2.24) is 9.78 Å². The molecule has 0 fully saturated rings. The van der Waals surface area contributed by atoms with Crippen molar-refractivity contribution < 1.29 is 14.7 Å². The summed E-state index contributed by atoms with van der Waals surface area (Å²) in [7, 11) is 0. The first kappa shape index (κ1) is 10.9. The number of aromatic carboxylic acids is 1. The zero-order valence-corrected chi connectivity index (χ0v) is 8.70. The summed E-state index contributed by atoms with van der Waals surface area (Å²) in [6, 6.07) is 8.65. The lowest BCUT2D eigenvalue weighted by Crippen LogP contribution is -2.17. The van der Waals surface area contributed by atoms with Crippen LogP contribution in [0.25, 0.3) is 5.69 Å². The van der Waals surface area contributed by atoms with Gasteiger partial charge in [-0.1, -0.05) is 18.2 Å². The quantitative estimate of drug-likeness (QED) is 0.810. The number of nitrogens with zero attached hydrogens (tertiary/aromatic N) is 2. The molecule has 1 heterocycles. The van der Waals surface area contributed by atoms with Gasteiger partial charge in [0.1, 0.15) is 0 Å². The van der Waals surface area contributed by atoms with E-state index in [0.29, 0.717) is 5.69 Å². The maximum Gasteiger partial charge on any atom is 0.355 e. The van der Waals surface area contributed by atoms with Gasteiger partial charge in [-0.05, 0) is 12.1 Å². The van der Waals surface area contributed by atoms with E-state index in [9.17, 15) is 9.59 Å². The van der Waals surface area contributed by atoms with E-state index in [0.717, 1.165) is 6.20 Å². The zero-order valence-electron chi connectivity index (χ0n) is 8.70. The Hall–Kier alpha value is -2.63. The van der Waals surface area contributed by atoms with Crippen molar-refractivity contribution in [2.45, 2.75) is 0 Å². The number of carboxylic acids is 1. The number of carbonyl (C=O) groups excluding carboxylic acids is 1. The van der Waals surface area contributed by atoms with Crippen LogP contribution in [-0.4, -0.2) is 26.8 Å². The standard InChI is InChI=1S/C11H9N3O3/c12-10(15)8-6-13-14(9(8)11(16)17)7-4-2-1-3-5-7/h1-6H,(H2,12,15)(H,16,17). The van der Waals surface area contributed by atoms with Crippen LogP contribution >= 0.6 is 0 Å². The number of primary amides is 1. The summed E-state index contributed by atoms with van der Waals surface area (Å²) in [4.78, 5) is 22.2. The van der Waals surface area contributed by atoms with Gasteiger partial charge in [-0.15, -0.1) is 0 Å². The summed E-state index contributed by atoms with van der Waals surface area (Å²) in [6.45, 7) is 0. The number of benzene rings is 1. The van der Waals surface area contributed by atoms with Crippen molar-refractivity contribution in [3.63, 3.8) is 0 Å². The number of rotatable bonds is 3. The van der Waals surface area contributed by atoms with Crippen molar-refractivity contribution in [2.24, 2.45) is 5.73 Å². The van der Waals surface area contributed by atoms with E-state index in [4.69, 9.17) is 10.8 Å². The molecule has 0 saturated heterocycles. The van der Waals surface area contributed by atoms with Crippen LogP contribution in [0, 0.1) is 0 Å². The maximum atomic E-state index is 11.1. The van der Waals surface area contributed by atoms with Crippen LogP contribution in [0.3, 0.4) is 0 Å². The van der Waals surface area contributed by atoms with Crippen molar-refractivity contribution in [3.8, 4) is 5.69 Å². The van der Waals surface area contributed by atoms with Crippen LogP contribution in [0.1, 0.15) is 20.8 Å². The Balaban J connectivity index is 2.64. The molecule has 2 aromatic rings. The van der Waals surface area contributed by atoms with Crippen LogP contribution in [0.15, 0.2) is 36.5 Å². The van der Waals surface area contributed by atoms with Gasteiger partial charge in [0.25, 0.3) is 5.91 Å². The minimum atomic E-state index is -1.25. The molecule has 0 aliphatic heterocycles. The third-order valence-electron chi connectivity index (χ3n) is 2.24. The molecule has 3 N–H and O–H groups in total. The third-order valence-corrected chi connectivity index (χ3v) is 2.24. The number of amides is 1. The Bertz CT molecular complexity index is 575. The molecule has 0 aliphatic carbocycles. The molecule has 86 valence electrons. The van der Waals surface area contributed by atoms with E-state index in [2.05, 4.69) is 5.10 Å². The van der Waals surface area contributed by atoms with Gasteiger partial charge >= 0.3 is 5.97 Å². The highest BCUT2D eigenvalue weighted by Gasteiger charge is 2.21. The molecule has 1 amide bonds. The number of hydrogen-bond acceptors (Lipinski definition) is 3. The molecule has 0 radical (unpaired) electrons. The SMILES string of the molecule is NC(=O)c1cnn(-c2ccccc2)c1C(=O)O. The number of carbonyl (C=O) groups is 2. The second-order valence-corrected chi connectivity index (χ2v) is 3.32. The molecular weight excluding hydrogens is 222 g/mol. The third kappa shape index (κ3) is 1.87. The van der Waals surface area contributed by atoms with Gasteiger partial charge in [-0.3, -0.25) is 4.79 Å². The van der Waals surface area contributed by atoms with Crippen LogP contribution in [0.5, 0.6) is 0 Å². The van der Waals surface area contributed by atoms with Crippen LogP contribution in [0.2, 0.25) is 0 Å². The van der Waals surface area contributed by atoms with Gasteiger partial charge in [0.15, 0.2) is 5.69 Å². The summed E-state index contributed by atoms with van der Waals surface area (Å²) >= 11 is 0. The van der Waals surface area contributed by atoms with Gasteiger partial charge in [0.2, 0.25) is 0 Å². The van der Waals surface area contributed by atoms with Crippen LogP contribution in [0.4, 0.5) is 0 Å². The monoisotopic (exact) mass is 231 g/mol. The van der Waals surface area contributed by atoms with E-state index in [-0.39, 0.29) is 11.3 Å². The minimum Gasteiger partial charge on any atom is -0.476 e. The van der Waals surface area contributed by atoms with Gasteiger partial charge in [0.05, 0.1) is 17.4 Å². The van der Waals surface area contributed by atoms with Crippen LogP contribution < -0.4 is 5.73 Å². The molecule has 6 nitrogen and oxygen atoms in total. The Labute approximate surface area is 96.3 Å². The summed E-state index contributed by atoms with van der Waals surface area (Å²) < 4.78 is 1.17. The van der Waals surface area contributed by atoms with Gasteiger partial charge in [0, 0.05) is 0 Å². The Morgan fingerprint density at radius 1 is 1.24 bits per heavy atom. The Morgan fingerprint density at radius 3 is 2.41 bits per heavy atom. The lowest BCUT2D eigenvalue weighted by Gasteiger charge is -2.04. The number of aromatic nitrogens is 2. The predicted molar refractivity (Wildman–Crippen MR) is 59.0 cm³/mol. The minimum absolute atomic E-state index is 0.110. The van der Waals surface area contributed by atoms with Crippen LogP contribution in [-0.2, 0) is 0 Å². The normalized spacial score (nSPS) is 10.1. The average molecular weight is 231 g/mol. The van der Waals surface area contributed by atoms with E-state index < -0.39 is 11.9 Å². The molecule has 17 heavy (non-hydrogen) atoms. The van der Waals surface area contributed by atoms with Crippen molar-refractivity contribution in [2.75, 3.05) is 0 Å². The smallest absolute Gasteiger partial charge is 0.355 e. The number of carboxylic acid groups (broad SMARTS) is 1. The first-order valence-electron chi connectivity index (χ1n) is 4.78. The van der Waals surface area contributed by atoms with E-state index >= 15 is 0 Å². The maximum absolute atomic E-state index is 11.1. The fourth-order valence-corrected chi connectivity index (χ4v) is 1.50. The molecule has 0 bridgehead atoms. The lowest BCUT2D eigenvalue weighted by atomic mass is 10.2. The summed E-state index contributed by atoms with van der Waals surface area (Å²) in [5, 5.41) is 12.9. The highest BCUT2D eigenvalue weighted by Crippen LogP contribution is 2.14. The molecule has 0 unspecified atom stereocenters. The average Bonchev–Trinajstić information content (AvgIpc) is 2.74. The van der Waals surface area contributed by atoms with E-state index in [1.165, 1.54) is 4.68 Å². The second kappa shape index (κ2) is 4.09. The number of para-hydroxylation sites is 1. The molecule has 0 spiro atoms. The van der Waals surface area contributed by atoms with Gasteiger partial charge < -0.3 is 10.8 Å². The fourth-order valence-electron chi connectivity index (χ4n) is 1.50. The van der Waals surface area contributed by atoms with Gasteiger partial charge in [-0.2, -0.15) is 5.10 Å². The van der Waals surface area contributed by atoms with E-state index in [1.54, 1.807) is 30.3 Å². The predicted octanol–water partition coefficient (Wildman–Crippen LogP) is 0.669. The Morgan fingerprint density at radius 2 is 1.88 bits per heavy atom. The van der Waals surface area contributed by atoms with Crippen molar-refractivity contribution in [3.05, 3.63) is 47.8 Å². The summed E-state index contributed by atoms with van der Waals surface area (Å²) in [6.07, 6.45) is 1.15. The first-order chi connectivity index (χ1) is 8.11. The largest absolute Gasteiger partial charge is 0.476 e. The fraction of sp³-hybridized carbons (Fsp3) is 0. The second-order valence-electron chi connectivity index (χ2n) is 3.32. The molecule has 2 rings (SSSR count). The molecule has 0 aliphatic rings. The number of hydrogen-bond donors (Lipinski definition) is 2. The van der Waals surface area contributed by atoms with Crippen molar-refractivity contribution in [1.29, 1.82) is 0 Å². The van der Waals surface area contributed by atoms with Crippen molar-refractivity contribution >= 4 is 11.9 Å². The number of nitrogens with two attached hydrogens (primary N) is 1. The molecule has 0 atom stereocenters. The zero-order chi connectivity index (χ0) is 12.4. The molecule has 1 aromatic carbocycles. The molecule has 1 aromatic heterocycles. The summed E-state index contributed by atoms with van der Waals surface area (Å²) in [5.41, 5.74) is 5.30. The Kier molecular flexibility index (Phi) is 2.61. The van der Waals surface area contributed by atoms with Gasteiger partial charge in [-0.25, -0.2) is 9.48 Å². The topological polar surface area (TPSA) is 98.2 Å². The molecule has 6 heteroatoms. The van der Waals surface area contributed by atoms with E-state index in [1.807, 2.05) is 0 Å². The highest BCUT2D eigenvalue weighted by molar-refractivity contribution is 6.03. The summed E-state index contributed by atoms with van der Waals surface area (Å²) in [5.74, 6) is -2.07. The first-order valence-corrected chi connectivity index (χ1v) is 4.78. The highest BCUT2D eigenvalue weighted by atomic mass is 16.4. The molecular formula is C11H9N3O3. The lowest BCUT2D eigenvalue weighted by molar-refractivity contribution is 0.0682.